The first kappa shape index (κ1) is 18.9. The Morgan fingerprint density at radius 2 is 2.00 bits per heavy atom. The van der Waals surface area contributed by atoms with Crippen molar-refractivity contribution in [1.29, 1.82) is 0 Å². The van der Waals surface area contributed by atoms with Gasteiger partial charge in [-0.15, -0.1) is 0 Å². The second-order valence-electron chi connectivity index (χ2n) is 6.29. The first-order chi connectivity index (χ1) is 12.9. The van der Waals surface area contributed by atoms with E-state index in [9.17, 15) is 4.79 Å². The number of aryl methyl sites for hydroxylation is 1. The molecule has 3 aromatic rings. The number of carbonyl (C=O) groups excluding carboxylic acids is 1. The summed E-state index contributed by atoms with van der Waals surface area (Å²) in [7, 11) is 1.67. The molecule has 0 aliphatic rings. The Labute approximate surface area is 162 Å². The Hall–Kier alpha value is -2.86. The van der Waals surface area contributed by atoms with Crippen molar-refractivity contribution >= 4 is 17.5 Å². The van der Waals surface area contributed by atoms with Crippen molar-refractivity contribution in [3.8, 4) is 17.1 Å². The molecule has 7 heteroatoms. The molecule has 0 saturated heterocycles. The lowest BCUT2D eigenvalue weighted by molar-refractivity contribution is -0.137. The number of aromatic nitrogens is 2. The number of likely N-dealkylation sites (N-methyl/N-ethyl adjacent to an activating group) is 1. The summed E-state index contributed by atoms with van der Waals surface area (Å²) in [6.45, 7) is 3.88. The molecule has 0 saturated carbocycles. The predicted molar refractivity (Wildman–Crippen MR) is 102 cm³/mol. The standard InChI is InChI=1S/C20H20ClN3O3/c1-13-5-4-6-17(11-13)26-14(2)20(25)24(3)12-18-22-19(23-27-18)15-7-9-16(21)10-8-15/h4-11,14H,12H2,1-3H3/t14-/m0/s1. The van der Waals surface area contributed by atoms with Crippen LogP contribution in [0.5, 0.6) is 5.75 Å². The largest absolute Gasteiger partial charge is 0.481 e. The van der Waals surface area contributed by atoms with E-state index >= 15 is 0 Å². The van der Waals surface area contributed by atoms with E-state index in [0.29, 0.717) is 22.5 Å². The van der Waals surface area contributed by atoms with Crippen LogP contribution in [-0.2, 0) is 11.3 Å². The van der Waals surface area contributed by atoms with Crippen molar-refractivity contribution in [1.82, 2.24) is 15.0 Å². The van der Waals surface area contributed by atoms with Crippen LogP contribution in [0.15, 0.2) is 53.1 Å². The summed E-state index contributed by atoms with van der Waals surface area (Å²) in [6, 6.07) is 14.7. The van der Waals surface area contributed by atoms with Gasteiger partial charge in [-0.3, -0.25) is 4.79 Å². The van der Waals surface area contributed by atoms with Crippen molar-refractivity contribution in [2.45, 2.75) is 26.5 Å². The highest BCUT2D eigenvalue weighted by atomic mass is 35.5. The smallest absolute Gasteiger partial charge is 0.263 e. The van der Waals surface area contributed by atoms with Crippen LogP contribution in [0.25, 0.3) is 11.4 Å². The SMILES string of the molecule is Cc1cccc(O[C@@H](C)C(=O)N(C)Cc2nc(-c3ccc(Cl)cc3)no2)c1. The van der Waals surface area contributed by atoms with Crippen molar-refractivity contribution < 1.29 is 14.1 Å². The third-order valence-electron chi connectivity index (χ3n) is 3.97. The molecule has 0 fully saturated rings. The highest BCUT2D eigenvalue weighted by Crippen LogP contribution is 2.19. The molecular formula is C20H20ClN3O3. The molecule has 1 amide bonds. The van der Waals surface area contributed by atoms with Gasteiger partial charge in [0.25, 0.3) is 5.91 Å². The number of nitrogens with zero attached hydrogens (tertiary/aromatic N) is 3. The van der Waals surface area contributed by atoms with Gasteiger partial charge in [-0.2, -0.15) is 4.98 Å². The van der Waals surface area contributed by atoms with Gasteiger partial charge in [0, 0.05) is 17.6 Å². The molecule has 6 nitrogen and oxygen atoms in total. The molecule has 1 aromatic heterocycles. The van der Waals surface area contributed by atoms with Crippen LogP contribution < -0.4 is 4.74 Å². The molecular weight excluding hydrogens is 366 g/mol. The van der Waals surface area contributed by atoms with Gasteiger partial charge in [0.2, 0.25) is 11.7 Å². The second-order valence-corrected chi connectivity index (χ2v) is 6.73. The number of hydrogen-bond acceptors (Lipinski definition) is 5. The summed E-state index contributed by atoms with van der Waals surface area (Å²) in [5, 5.41) is 4.59. The van der Waals surface area contributed by atoms with Gasteiger partial charge >= 0.3 is 0 Å². The molecule has 0 spiro atoms. The van der Waals surface area contributed by atoms with Gasteiger partial charge in [0.15, 0.2) is 6.10 Å². The lowest BCUT2D eigenvalue weighted by atomic mass is 10.2. The Balaban J connectivity index is 1.61. The van der Waals surface area contributed by atoms with Crippen molar-refractivity contribution in [3.05, 3.63) is 65.0 Å². The minimum absolute atomic E-state index is 0.178. The molecule has 3 rings (SSSR count). The maximum atomic E-state index is 12.5. The molecule has 0 radical (unpaired) electrons. The summed E-state index contributed by atoms with van der Waals surface area (Å²) < 4.78 is 11.0. The van der Waals surface area contributed by atoms with E-state index in [1.165, 1.54) is 4.90 Å². The molecule has 0 N–H and O–H groups in total. The molecule has 0 aliphatic heterocycles. The van der Waals surface area contributed by atoms with E-state index in [1.54, 1.807) is 26.1 Å². The zero-order valence-electron chi connectivity index (χ0n) is 15.3. The molecule has 1 heterocycles. The van der Waals surface area contributed by atoms with Crippen molar-refractivity contribution in [3.63, 3.8) is 0 Å². The zero-order valence-corrected chi connectivity index (χ0v) is 16.1. The van der Waals surface area contributed by atoms with Crippen LogP contribution in [-0.4, -0.2) is 34.1 Å². The molecule has 140 valence electrons. The summed E-state index contributed by atoms with van der Waals surface area (Å²) >= 11 is 5.88. The lowest BCUT2D eigenvalue weighted by Crippen LogP contribution is -2.37. The third kappa shape index (κ3) is 4.86. The highest BCUT2D eigenvalue weighted by Gasteiger charge is 2.21. The Bertz CT molecular complexity index is 924. The monoisotopic (exact) mass is 385 g/mol. The Morgan fingerprint density at radius 1 is 1.26 bits per heavy atom. The maximum absolute atomic E-state index is 12.5. The van der Waals surface area contributed by atoms with Crippen molar-refractivity contribution in [2.75, 3.05) is 7.05 Å². The number of amides is 1. The molecule has 0 unspecified atom stereocenters. The van der Waals surface area contributed by atoms with Gasteiger partial charge in [-0.05, 0) is 55.8 Å². The number of ether oxygens (including phenoxy) is 1. The number of benzene rings is 2. The van der Waals surface area contributed by atoms with Crippen LogP contribution in [0.1, 0.15) is 18.4 Å². The third-order valence-corrected chi connectivity index (χ3v) is 4.22. The normalized spacial score (nSPS) is 11.9. The average molecular weight is 386 g/mol. The molecule has 27 heavy (non-hydrogen) atoms. The predicted octanol–water partition coefficient (Wildman–Crippen LogP) is 4.12. The summed E-state index contributed by atoms with van der Waals surface area (Å²) in [6.07, 6.45) is -0.629. The second kappa shape index (κ2) is 8.22. The molecule has 1 atom stereocenters. The Kier molecular flexibility index (Phi) is 5.76. The fourth-order valence-corrected chi connectivity index (χ4v) is 2.70. The number of halogens is 1. The van der Waals surface area contributed by atoms with Gasteiger partial charge in [0.1, 0.15) is 5.75 Å². The number of hydrogen-bond donors (Lipinski definition) is 0. The van der Waals surface area contributed by atoms with E-state index in [0.717, 1.165) is 11.1 Å². The van der Waals surface area contributed by atoms with Crippen molar-refractivity contribution in [2.24, 2.45) is 0 Å². The van der Waals surface area contributed by atoms with Crippen LogP contribution in [0.4, 0.5) is 0 Å². The van der Waals surface area contributed by atoms with Gasteiger partial charge in [-0.25, -0.2) is 0 Å². The summed E-state index contributed by atoms with van der Waals surface area (Å²) in [5.41, 5.74) is 1.86. The van der Waals surface area contributed by atoms with Gasteiger partial charge < -0.3 is 14.2 Å². The Morgan fingerprint density at radius 3 is 2.70 bits per heavy atom. The van der Waals surface area contributed by atoms with Crippen LogP contribution in [0.2, 0.25) is 5.02 Å². The van der Waals surface area contributed by atoms with Crippen LogP contribution in [0.3, 0.4) is 0 Å². The van der Waals surface area contributed by atoms with Crippen LogP contribution in [0, 0.1) is 6.92 Å². The highest BCUT2D eigenvalue weighted by molar-refractivity contribution is 6.30. The van der Waals surface area contributed by atoms with E-state index in [-0.39, 0.29) is 12.5 Å². The maximum Gasteiger partial charge on any atom is 0.263 e. The van der Waals surface area contributed by atoms with Gasteiger partial charge in [0.05, 0.1) is 6.54 Å². The zero-order chi connectivity index (χ0) is 19.4. The molecule has 0 aliphatic carbocycles. The fraction of sp³-hybridized carbons (Fsp3) is 0.250. The first-order valence-electron chi connectivity index (χ1n) is 8.49. The minimum Gasteiger partial charge on any atom is -0.481 e. The lowest BCUT2D eigenvalue weighted by Gasteiger charge is -2.20. The molecule has 2 aromatic carbocycles. The number of carbonyl (C=O) groups is 1. The summed E-state index contributed by atoms with van der Waals surface area (Å²) in [5.74, 6) is 1.28. The quantitative estimate of drug-likeness (QED) is 0.638. The summed E-state index contributed by atoms with van der Waals surface area (Å²) in [4.78, 5) is 18.4. The van der Waals surface area contributed by atoms with E-state index in [1.807, 2.05) is 43.3 Å². The van der Waals surface area contributed by atoms with E-state index in [2.05, 4.69) is 10.1 Å². The minimum atomic E-state index is -0.629. The topological polar surface area (TPSA) is 68.5 Å². The van der Waals surface area contributed by atoms with Crippen LogP contribution >= 0.6 is 11.6 Å². The van der Waals surface area contributed by atoms with Gasteiger partial charge in [-0.1, -0.05) is 28.9 Å². The molecule has 0 bridgehead atoms. The average Bonchev–Trinajstić information content (AvgIpc) is 3.10. The fourth-order valence-electron chi connectivity index (χ4n) is 2.57. The number of rotatable bonds is 6. The van der Waals surface area contributed by atoms with E-state index in [4.69, 9.17) is 20.9 Å². The first-order valence-corrected chi connectivity index (χ1v) is 8.87. The van der Waals surface area contributed by atoms with E-state index < -0.39 is 6.10 Å².